The molecule has 2 aliphatic heterocycles. The Morgan fingerprint density at radius 3 is 2.95 bits per heavy atom. The van der Waals surface area contributed by atoms with Gasteiger partial charge >= 0.3 is 0 Å². The van der Waals surface area contributed by atoms with E-state index in [1.54, 1.807) is 0 Å². The minimum Gasteiger partial charge on any atom is -0.383 e. The molecule has 2 fully saturated rings. The van der Waals surface area contributed by atoms with Gasteiger partial charge in [0.2, 0.25) is 5.95 Å². The first-order valence-electron chi connectivity index (χ1n) is 7.11. The minimum atomic E-state index is 0.309. The van der Waals surface area contributed by atoms with E-state index in [-0.39, 0.29) is 0 Å². The first-order valence-corrected chi connectivity index (χ1v) is 7.11. The molecule has 0 radical (unpaired) electrons. The zero-order valence-electron chi connectivity index (χ0n) is 11.4. The standard InChI is InChI=1S/C15H18N4O/c16-13-11-3-1-2-4-12(11)17-14(18-13)19-7-5-15(9-19)6-8-20-10-15/h1-4H,5-10H2,(H2,16,17,18). The third-order valence-corrected chi connectivity index (χ3v) is 4.53. The maximum Gasteiger partial charge on any atom is 0.227 e. The molecule has 1 aromatic heterocycles. The summed E-state index contributed by atoms with van der Waals surface area (Å²) in [4.78, 5) is 11.4. The van der Waals surface area contributed by atoms with Crippen LogP contribution in [-0.2, 0) is 4.74 Å². The maximum atomic E-state index is 6.07. The minimum absolute atomic E-state index is 0.309. The summed E-state index contributed by atoms with van der Waals surface area (Å²) in [5, 5.41) is 0.925. The van der Waals surface area contributed by atoms with E-state index >= 15 is 0 Å². The zero-order chi connectivity index (χ0) is 13.6. The lowest BCUT2D eigenvalue weighted by molar-refractivity contribution is 0.160. The fourth-order valence-electron chi connectivity index (χ4n) is 3.31. The number of ether oxygens (including phenoxy) is 1. The van der Waals surface area contributed by atoms with Gasteiger partial charge in [-0.15, -0.1) is 0 Å². The van der Waals surface area contributed by atoms with Gasteiger partial charge in [-0.05, 0) is 25.0 Å². The van der Waals surface area contributed by atoms with Gasteiger partial charge in [0, 0.05) is 30.5 Å². The van der Waals surface area contributed by atoms with Gasteiger partial charge in [-0.3, -0.25) is 0 Å². The van der Waals surface area contributed by atoms with Crippen molar-refractivity contribution < 1.29 is 4.74 Å². The molecule has 2 N–H and O–H groups in total. The molecule has 2 aliphatic rings. The summed E-state index contributed by atoms with van der Waals surface area (Å²) in [5.74, 6) is 1.32. The van der Waals surface area contributed by atoms with Crippen molar-refractivity contribution in [3.05, 3.63) is 24.3 Å². The van der Waals surface area contributed by atoms with Gasteiger partial charge in [0.25, 0.3) is 0 Å². The van der Waals surface area contributed by atoms with Crippen molar-refractivity contribution in [3.63, 3.8) is 0 Å². The van der Waals surface area contributed by atoms with Crippen molar-refractivity contribution >= 4 is 22.7 Å². The largest absolute Gasteiger partial charge is 0.383 e. The molecule has 4 rings (SSSR count). The average Bonchev–Trinajstić information content (AvgIpc) is 3.10. The monoisotopic (exact) mass is 270 g/mol. The highest BCUT2D eigenvalue weighted by Crippen LogP contribution is 2.39. The van der Waals surface area contributed by atoms with Crippen LogP contribution in [0.4, 0.5) is 11.8 Å². The predicted octanol–water partition coefficient (Wildman–Crippen LogP) is 1.83. The van der Waals surface area contributed by atoms with E-state index in [2.05, 4.69) is 14.9 Å². The van der Waals surface area contributed by atoms with Gasteiger partial charge in [-0.2, -0.15) is 4.98 Å². The molecule has 2 saturated heterocycles. The average molecular weight is 270 g/mol. The Kier molecular flexibility index (Phi) is 2.57. The zero-order valence-corrected chi connectivity index (χ0v) is 11.4. The van der Waals surface area contributed by atoms with Crippen LogP contribution < -0.4 is 10.6 Å². The number of aromatic nitrogens is 2. The van der Waals surface area contributed by atoms with Crippen LogP contribution in [-0.4, -0.2) is 36.3 Å². The number of fused-ring (bicyclic) bond motifs is 1. The lowest BCUT2D eigenvalue weighted by Crippen LogP contribution is -2.28. The predicted molar refractivity (Wildman–Crippen MR) is 78.6 cm³/mol. The number of benzene rings is 1. The molecular formula is C15H18N4O. The Balaban J connectivity index is 1.69. The summed E-state index contributed by atoms with van der Waals surface area (Å²) in [7, 11) is 0. The maximum absolute atomic E-state index is 6.07. The summed E-state index contributed by atoms with van der Waals surface area (Å²) in [6.45, 7) is 3.72. The molecule has 20 heavy (non-hydrogen) atoms. The Labute approximate surface area is 117 Å². The summed E-state index contributed by atoms with van der Waals surface area (Å²) in [5.41, 5.74) is 7.29. The fourth-order valence-corrected chi connectivity index (χ4v) is 3.31. The van der Waals surface area contributed by atoms with Crippen LogP contribution in [0.1, 0.15) is 12.8 Å². The molecule has 0 bridgehead atoms. The molecule has 5 heteroatoms. The molecule has 5 nitrogen and oxygen atoms in total. The lowest BCUT2D eigenvalue weighted by Gasteiger charge is -2.22. The number of nitrogen functional groups attached to an aromatic ring is 1. The van der Waals surface area contributed by atoms with Crippen molar-refractivity contribution in [2.24, 2.45) is 5.41 Å². The molecule has 0 saturated carbocycles. The summed E-state index contributed by atoms with van der Waals surface area (Å²) < 4.78 is 5.57. The Morgan fingerprint density at radius 2 is 2.10 bits per heavy atom. The lowest BCUT2D eigenvalue weighted by atomic mass is 9.87. The van der Waals surface area contributed by atoms with Crippen LogP contribution in [0.25, 0.3) is 10.9 Å². The molecular weight excluding hydrogens is 252 g/mol. The van der Waals surface area contributed by atoms with Crippen LogP contribution in [0.5, 0.6) is 0 Å². The Hall–Kier alpha value is -1.88. The van der Waals surface area contributed by atoms with Gasteiger partial charge < -0.3 is 15.4 Å². The highest BCUT2D eigenvalue weighted by molar-refractivity contribution is 5.88. The van der Waals surface area contributed by atoms with Crippen LogP contribution in [0, 0.1) is 5.41 Å². The fraction of sp³-hybridized carbons (Fsp3) is 0.467. The SMILES string of the molecule is Nc1nc(N2CCC3(CCOC3)C2)nc2ccccc12. The second-order valence-electron chi connectivity index (χ2n) is 5.90. The molecule has 104 valence electrons. The number of nitrogens with zero attached hydrogens (tertiary/aromatic N) is 3. The molecule has 1 atom stereocenters. The number of para-hydroxylation sites is 1. The third kappa shape index (κ3) is 1.81. The summed E-state index contributed by atoms with van der Waals surface area (Å²) in [6, 6.07) is 7.89. The summed E-state index contributed by atoms with van der Waals surface area (Å²) >= 11 is 0. The topological polar surface area (TPSA) is 64.3 Å². The number of rotatable bonds is 1. The molecule has 1 unspecified atom stereocenters. The number of hydrogen-bond acceptors (Lipinski definition) is 5. The number of nitrogens with two attached hydrogens (primary N) is 1. The van der Waals surface area contributed by atoms with Crippen molar-refractivity contribution in [1.29, 1.82) is 0 Å². The first kappa shape index (κ1) is 11.9. The second kappa shape index (κ2) is 4.31. The molecule has 0 amide bonds. The van der Waals surface area contributed by atoms with Crippen molar-refractivity contribution in [1.82, 2.24) is 9.97 Å². The molecule has 2 aromatic rings. The van der Waals surface area contributed by atoms with Crippen LogP contribution in [0.2, 0.25) is 0 Å². The van der Waals surface area contributed by atoms with Gasteiger partial charge in [0.1, 0.15) is 5.82 Å². The first-order chi connectivity index (χ1) is 9.76. The number of anilines is 2. The van der Waals surface area contributed by atoms with Crippen LogP contribution in [0.3, 0.4) is 0 Å². The third-order valence-electron chi connectivity index (χ3n) is 4.53. The van der Waals surface area contributed by atoms with Crippen molar-refractivity contribution in [2.45, 2.75) is 12.8 Å². The highest BCUT2D eigenvalue weighted by atomic mass is 16.5. The Morgan fingerprint density at radius 1 is 1.20 bits per heavy atom. The molecule has 1 spiro atoms. The smallest absolute Gasteiger partial charge is 0.227 e. The van der Waals surface area contributed by atoms with E-state index < -0.39 is 0 Å². The van der Waals surface area contributed by atoms with Gasteiger partial charge in [0.05, 0.1) is 12.1 Å². The quantitative estimate of drug-likeness (QED) is 0.856. The van der Waals surface area contributed by atoms with E-state index in [0.717, 1.165) is 56.0 Å². The number of hydrogen-bond donors (Lipinski definition) is 1. The van der Waals surface area contributed by atoms with E-state index in [9.17, 15) is 0 Å². The van der Waals surface area contributed by atoms with E-state index in [0.29, 0.717) is 11.2 Å². The van der Waals surface area contributed by atoms with E-state index in [4.69, 9.17) is 10.5 Å². The van der Waals surface area contributed by atoms with Crippen molar-refractivity contribution in [2.75, 3.05) is 36.9 Å². The van der Waals surface area contributed by atoms with Crippen molar-refractivity contribution in [3.8, 4) is 0 Å². The van der Waals surface area contributed by atoms with Crippen LogP contribution in [0.15, 0.2) is 24.3 Å². The van der Waals surface area contributed by atoms with Crippen LogP contribution >= 0.6 is 0 Å². The molecule has 1 aromatic carbocycles. The molecule has 0 aliphatic carbocycles. The van der Waals surface area contributed by atoms with E-state index in [1.165, 1.54) is 0 Å². The molecule has 3 heterocycles. The van der Waals surface area contributed by atoms with E-state index in [1.807, 2.05) is 24.3 Å². The Bertz CT molecular complexity index is 651. The normalized spacial score (nSPS) is 25.9. The second-order valence-corrected chi connectivity index (χ2v) is 5.90. The van der Waals surface area contributed by atoms with Gasteiger partial charge in [-0.1, -0.05) is 12.1 Å². The van der Waals surface area contributed by atoms with Gasteiger partial charge in [0.15, 0.2) is 0 Å². The highest BCUT2D eigenvalue weighted by Gasteiger charge is 2.42. The van der Waals surface area contributed by atoms with Gasteiger partial charge in [-0.25, -0.2) is 4.98 Å². The summed E-state index contributed by atoms with van der Waals surface area (Å²) in [6.07, 6.45) is 2.30.